The van der Waals surface area contributed by atoms with Crippen molar-refractivity contribution < 1.29 is 4.74 Å². The molecule has 0 aromatic heterocycles. The number of rotatable bonds is 4. The summed E-state index contributed by atoms with van der Waals surface area (Å²) in [5, 5.41) is 9.96. The van der Waals surface area contributed by atoms with Crippen LogP contribution in [0.4, 0.5) is 0 Å². The van der Waals surface area contributed by atoms with E-state index in [4.69, 9.17) is 22.1 Å². The van der Waals surface area contributed by atoms with Crippen LogP contribution in [0.2, 0.25) is 5.02 Å². The van der Waals surface area contributed by atoms with Crippen LogP contribution >= 0.6 is 11.6 Å². The zero-order valence-electron chi connectivity index (χ0n) is 11.5. The molecule has 0 bridgehead atoms. The summed E-state index contributed by atoms with van der Waals surface area (Å²) in [6.07, 6.45) is 3.69. The van der Waals surface area contributed by atoms with E-state index in [1.165, 1.54) is 6.20 Å². The van der Waals surface area contributed by atoms with Gasteiger partial charge in [0.25, 0.3) is 0 Å². The highest BCUT2D eigenvalue weighted by atomic mass is 35.5. The Morgan fingerprint density at radius 3 is 2.75 bits per heavy atom. The predicted molar refractivity (Wildman–Crippen MR) is 80.2 cm³/mol. The standard InChI is InChI=1S/C15H16ClN3O/c1-9(7-17)15(19-2)12-5-10(16)6-14(13(12)8-18)20-11-3-4-11/h5-7,11H,3-4,17H2,1-2H3/b9-7-,19-15?. The molecule has 0 spiro atoms. The first-order chi connectivity index (χ1) is 9.60. The Morgan fingerprint density at radius 1 is 1.55 bits per heavy atom. The second-order valence-corrected chi connectivity index (χ2v) is 5.11. The fraction of sp³-hybridized carbons (Fsp3) is 0.333. The second-order valence-electron chi connectivity index (χ2n) is 4.68. The van der Waals surface area contributed by atoms with Crippen molar-refractivity contribution in [3.05, 3.63) is 40.1 Å². The minimum atomic E-state index is 0.196. The van der Waals surface area contributed by atoms with Crippen molar-refractivity contribution in [2.45, 2.75) is 25.9 Å². The molecule has 2 rings (SSSR count). The number of nitriles is 1. The molecule has 1 fully saturated rings. The van der Waals surface area contributed by atoms with Crippen LogP contribution in [0, 0.1) is 11.3 Å². The highest BCUT2D eigenvalue weighted by molar-refractivity contribution is 6.31. The van der Waals surface area contributed by atoms with E-state index in [2.05, 4.69) is 11.1 Å². The number of halogens is 1. The van der Waals surface area contributed by atoms with Gasteiger partial charge in [0.2, 0.25) is 0 Å². The van der Waals surface area contributed by atoms with Gasteiger partial charge < -0.3 is 10.5 Å². The van der Waals surface area contributed by atoms with Crippen LogP contribution < -0.4 is 10.5 Å². The quantitative estimate of drug-likeness (QED) is 0.866. The van der Waals surface area contributed by atoms with Crippen molar-refractivity contribution >= 4 is 17.3 Å². The Labute approximate surface area is 123 Å². The summed E-state index contributed by atoms with van der Waals surface area (Å²) >= 11 is 6.14. The monoisotopic (exact) mass is 289 g/mol. The van der Waals surface area contributed by atoms with Gasteiger partial charge >= 0.3 is 0 Å². The highest BCUT2D eigenvalue weighted by Crippen LogP contribution is 2.33. The zero-order chi connectivity index (χ0) is 14.7. The van der Waals surface area contributed by atoms with Gasteiger partial charge in [0, 0.05) is 23.7 Å². The number of hydrogen-bond acceptors (Lipinski definition) is 4. The largest absolute Gasteiger partial charge is 0.489 e. The van der Waals surface area contributed by atoms with Crippen LogP contribution in [0.1, 0.15) is 30.9 Å². The summed E-state index contributed by atoms with van der Waals surface area (Å²) in [5.41, 5.74) is 8.08. The van der Waals surface area contributed by atoms with Crippen molar-refractivity contribution in [3.63, 3.8) is 0 Å². The van der Waals surface area contributed by atoms with Gasteiger partial charge in [-0.1, -0.05) is 11.6 Å². The van der Waals surface area contributed by atoms with Gasteiger partial charge in [0.15, 0.2) is 0 Å². The fourth-order valence-electron chi connectivity index (χ4n) is 1.93. The van der Waals surface area contributed by atoms with Crippen molar-refractivity contribution in [2.75, 3.05) is 7.05 Å². The van der Waals surface area contributed by atoms with Crippen molar-refractivity contribution in [2.24, 2.45) is 10.7 Å². The van der Waals surface area contributed by atoms with Crippen LogP contribution in [-0.4, -0.2) is 18.9 Å². The third-order valence-electron chi connectivity index (χ3n) is 3.10. The predicted octanol–water partition coefficient (Wildman–Crippen LogP) is 3.03. The molecule has 0 atom stereocenters. The minimum absolute atomic E-state index is 0.196. The summed E-state index contributed by atoms with van der Waals surface area (Å²) in [6.45, 7) is 1.84. The summed E-state index contributed by atoms with van der Waals surface area (Å²) in [5.74, 6) is 0.517. The average molecular weight is 290 g/mol. The van der Waals surface area contributed by atoms with E-state index in [1.54, 1.807) is 19.2 Å². The van der Waals surface area contributed by atoms with E-state index < -0.39 is 0 Å². The van der Waals surface area contributed by atoms with Crippen LogP contribution in [0.5, 0.6) is 5.75 Å². The molecule has 2 N–H and O–H groups in total. The lowest BCUT2D eigenvalue weighted by Gasteiger charge is -2.13. The van der Waals surface area contributed by atoms with Crippen molar-refractivity contribution in [1.29, 1.82) is 5.26 Å². The maximum atomic E-state index is 9.44. The van der Waals surface area contributed by atoms with Crippen LogP contribution in [0.25, 0.3) is 0 Å². The fourth-order valence-corrected chi connectivity index (χ4v) is 2.14. The van der Waals surface area contributed by atoms with Gasteiger partial charge in [0.1, 0.15) is 17.4 Å². The molecule has 1 aromatic carbocycles. The summed E-state index contributed by atoms with van der Waals surface area (Å²) < 4.78 is 5.76. The molecule has 0 saturated heterocycles. The Balaban J connectivity index is 2.56. The van der Waals surface area contributed by atoms with Gasteiger partial charge in [0.05, 0.1) is 11.8 Å². The average Bonchev–Trinajstić information content (AvgIpc) is 3.23. The lowest BCUT2D eigenvalue weighted by atomic mass is 9.98. The smallest absolute Gasteiger partial charge is 0.139 e. The van der Waals surface area contributed by atoms with Gasteiger partial charge in [-0.2, -0.15) is 5.26 Å². The third-order valence-corrected chi connectivity index (χ3v) is 3.32. The molecule has 20 heavy (non-hydrogen) atoms. The van der Waals surface area contributed by atoms with Crippen LogP contribution in [0.3, 0.4) is 0 Å². The van der Waals surface area contributed by atoms with Gasteiger partial charge in [-0.05, 0) is 37.6 Å². The van der Waals surface area contributed by atoms with E-state index in [0.29, 0.717) is 27.6 Å². The number of nitrogens with zero attached hydrogens (tertiary/aromatic N) is 2. The molecule has 0 amide bonds. The SMILES string of the molecule is CN=C(/C(C)=C\N)c1cc(Cl)cc(OC2CC2)c1C#N. The Bertz CT molecular complexity index is 625. The van der Waals surface area contributed by atoms with Crippen molar-refractivity contribution in [3.8, 4) is 11.8 Å². The number of nitrogens with two attached hydrogens (primary N) is 1. The lowest BCUT2D eigenvalue weighted by molar-refractivity contribution is 0.302. The molecule has 1 aromatic rings. The van der Waals surface area contributed by atoms with E-state index >= 15 is 0 Å². The number of aliphatic imine (C=N–C) groups is 1. The van der Waals surface area contributed by atoms with Crippen LogP contribution in [-0.2, 0) is 0 Å². The summed E-state index contributed by atoms with van der Waals surface area (Å²) in [6, 6.07) is 5.58. The molecule has 1 aliphatic carbocycles. The van der Waals surface area contributed by atoms with E-state index in [1.807, 2.05) is 6.92 Å². The van der Waals surface area contributed by atoms with Gasteiger partial charge in [-0.3, -0.25) is 4.99 Å². The molecule has 0 aliphatic heterocycles. The van der Waals surface area contributed by atoms with Crippen LogP contribution in [0.15, 0.2) is 28.9 Å². The van der Waals surface area contributed by atoms with Gasteiger partial charge in [-0.15, -0.1) is 0 Å². The van der Waals surface area contributed by atoms with E-state index in [9.17, 15) is 5.26 Å². The topological polar surface area (TPSA) is 71.4 Å². The number of benzene rings is 1. The molecule has 1 aliphatic rings. The maximum Gasteiger partial charge on any atom is 0.139 e. The van der Waals surface area contributed by atoms with Crippen molar-refractivity contribution in [1.82, 2.24) is 0 Å². The number of allylic oxidation sites excluding steroid dienone is 1. The Kier molecular flexibility index (Phi) is 4.31. The maximum absolute atomic E-state index is 9.44. The minimum Gasteiger partial charge on any atom is -0.489 e. The normalized spacial score (nSPS) is 15.9. The molecule has 1 saturated carbocycles. The molecule has 5 heteroatoms. The molecule has 0 heterocycles. The van der Waals surface area contributed by atoms with E-state index in [-0.39, 0.29) is 6.10 Å². The highest BCUT2D eigenvalue weighted by Gasteiger charge is 2.26. The van der Waals surface area contributed by atoms with E-state index in [0.717, 1.165) is 18.4 Å². The number of ether oxygens (including phenoxy) is 1. The first kappa shape index (κ1) is 14.4. The molecule has 4 nitrogen and oxygen atoms in total. The third kappa shape index (κ3) is 2.94. The lowest BCUT2D eigenvalue weighted by Crippen LogP contribution is -2.09. The molecule has 104 valence electrons. The second kappa shape index (κ2) is 5.98. The Hall–Kier alpha value is -1.99. The van der Waals surface area contributed by atoms with Gasteiger partial charge in [-0.25, -0.2) is 0 Å². The number of hydrogen-bond donors (Lipinski definition) is 1. The first-order valence-electron chi connectivity index (χ1n) is 6.37. The molecule has 0 radical (unpaired) electrons. The Morgan fingerprint density at radius 2 is 2.25 bits per heavy atom. The zero-order valence-corrected chi connectivity index (χ0v) is 12.2. The first-order valence-corrected chi connectivity index (χ1v) is 6.74. The molecule has 0 unspecified atom stereocenters. The summed E-state index contributed by atoms with van der Waals surface area (Å²) in [7, 11) is 1.66. The molecular formula is C15H16ClN3O. The molecular weight excluding hydrogens is 274 g/mol. The summed E-state index contributed by atoms with van der Waals surface area (Å²) in [4.78, 5) is 4.22.